The molecule has 0 spiro atoms. The molecule has 3 rings (SSSR count). The van der Waals surface area contributed by atoms with Crippen LogP contribution in [-0.4, -0.2) is 37.6 Å². The fraction of sp³-hybridized carbons (Fsp3) is 0.350. The molecule has 160 valence electrons. The Morgan fingerprint density at radius 3 is 2.57 bits per heavy atom. The van der Waals surface area contributed by atoms with Gasteiger partial charge < -0.3 is 19.7 Å². The second-order valence-electron chi connectivity index (χ2n) is 6.70. The number of nitrogens with one attached hydrogen (secondary N) is 1. The molecule has 1 aliphatic heterocycles. The molecule has 10 heteroatoms. The normalized spacial score (nSPS) is 13.4. The number of nitro benzene ring substituents is 1. The Morgan fingerprint density at radius 1 is 1.20 bits per heavy atom. The summed E-state index contributed by atoms with van der Waals surface area (Å²) in [4.78, 5) is 25.4. The number of amides is 1. The maximum absolute atomic E-state index is 12.5. The van der Waals surface area contributed by atoms with Crippen LogP contribution in [0.2, 0.25) is 0 Å². The Morgan fingerprint density at radius 2 is 1.93 bits per heavy atom. The molecule has 0 atom stereocenters. The van der Waals surface area contributed by atoms with Crippen LogP contribution >= 0.6 is 0 Å². The molecule has 1 N–H and O–H groups in total. The van der Waals surface area contributed by atoms with Gasteiger partial charge in [-0.2, -0.15) is 8.78 Å². The van der Waals surface area contributed by atoms with E-state index in [9.17, 15) is 23.7 Å². The first-order valence-corrected chi connectivity index (χ1v) is 9.32. The summed E-state index contributed by atoms with van der Waals surface area (Å²) < 4.78 is 34.2. The predicted octanol–water partition coefficient (Wildman–Crippen LogP) is 3.74. The second kappa shape index (κ2) is 9.38. The van der Waals surface area contributed by atoms with Crippen molar-refractivity contribution in [3.63, 3.8) is 0 Å². The minimum atomic E-state index is -2.98. The monoisotopic (exact) mass is 421 g/mol. The quantitative estimate of drug-likeness (QED) is 0.516. The molecule has 1 aliphatic rings. The van der Waals surface area contributed by atoms with Crippen LogP contribution in [0.5, 0.6) is 11.5 Å². The summed E-state index contributed by atoms with van der Waals surface area (Å²) in [6.45, 7) is -1.41. The van der Waals surface area contributed by atoms with E-state index < -0.39 is 17.4 Å². The molecule has 30 heavy (non-hydrogen) atoms. The molecule has 2 aromatic carbocycles. The van der Waals surface area contributed by atoms with Crippen LogP contribution in [-0.2, 0) is 6.54 Å². The van der Waals surface area contributed by atoms with E-state index in [0.717, 1.165) is 25.9 Å². The standard InChI is InChI=1S/C20H21F2N3O5/c1-29-18-10-13(4-7-17(18)30-20(21)22)12-23-19(26)14-5-6-15(16(11-14)25(27)28)24-8-2-3-9-24/h4-7,10-11,20H,2-3,8-9,12H2,1H3,(H,23,26). The Hall–Kier alpha value is -3.43. The Labute approximate surface area is 171 Å². The average molecular weight is 421 g/mol. The van der Waals surface area contributed by atoms with Crippen molar-refractivity contribution in [2.45, 2.75) is 26.0 Å². The number of anilines is 1. The van der Waals surface area contributed by atoms with Crippen molar-refractivity contribution in [2.75, 3.05) is 25.1 Å². The van der Waals surface area contributed by atoms with Gasteiger partial charge in [0.25, 0.3) is 11.6 Å². The first-order valence-electron chi connectivity index (χ1n) is 9.32. The van der Waals surface area contributed by atoms with Crippen LogP contribution in [0.25, 0.3) is 0 Å². The molecular formula is C20H21F2N3O5. The topological polar surface area (TPSA) is 93.9 Å². The highest BCUT2D eigenvalue weighted by Gasteiger charge is 2.24. The van der Waals surface area contributed by atoms with Crippen molar-refractivity contribution in [1.82, 2.24) is 5.32 Å². The Balaban J connectivity index is 1.71. The van der Waals surface area contributed by atoms with Crippen molar-refractivity contribution >= 4 is 17.3 Å². The van der Waals surface area contributed by atoms with Crippen LogP contribution in [0.1, 0.15) is 28.8 Å². The highest BCUT2D eigenvalue weighted by atomic mass is 19.3. The highest BCUT2D eigenvalue weighted by Crippen LogP contribution is 2.32. The number of hydrogen-bond donors (Lipinski definition) is 1. The number of ether oxygens (including phenoxy) is 2. The summed E-state index contributed by atoms with van der Waals surface area (Å²) in [5, 5.41) is 14.1. The van der Waals surface area contributed by atoms with Crippen molar-refractivity contribution < 1.29 is 28.0 Å². The Kier molecular flexibility index (Phi) is 6.65. The zero-order valence-corrected chi connectivity index (χ0v) is 16.3. The number of nitro groups is 1. The van der Waals surface area contributed by atoms with Gasteiger partial charge in [-0.15, -0.1) is 0 Å². The zero-order valence-electron chi connectivity index (χ0n) is 16.3. The molecule has 2 aromatic rings. The van der Waals surface area contributed by atoms with Gasteiger partial charge >= 0.3 is 6.61 Å². The summed E-state index contributed by atoms with van der Waals surface area (Å²) in [5.41, 5.74) is 1.15. The van der Waals surface area contributed by atoms with Crippen molar-refractivity contribution in [3.8, 4) is 11.5 Å². The first kappa shape index (κ1) is 21.3. The summed E-state index contributed by atoms with van der Waals surface area (Å²) in [6.07, 6.45) is 1.95. The average Bonchev–Trinajstić information content (AvgIpc) is 3.26. The number of methoxy groups -OCH3 is 1. The van der Waals surface area contributed by atoms with Crippen LogP contribution in [0, 0.1) is 10.1 Å². The lowest BCUT2D eigenvalue weighted by Gasteiger charge is -2.18. The minimum absolute atomic E-state index is 0.0752. The second-order valence-corrected chi connectivity index (χ2v) is 6.70. The van der Waals surface area contributed by atoms with Gasteiger partial charge in [-0.05, 0) is 42.7 Å². The van der Waals surface area contributed by atoms with Crippen molar-refractivity contribution in [1.29, 1.82) is 0 Å². The van der Waals surface area contributed by atoms with Crippen LogP contribution < -0.4 is 19.7 Å². The van der Waals surface area contributed by atoms with Crippen LogP contribution in [0.4, 0.5) is 20.2 Å². The zero-order chi connectivity index (χ0) is 21.7. The lowest BCUT2D eigenvalue weighted by molar-refractivity contribution is -0.384. The van der Waals surface area contributed by atoms with E-state index in [1.165, 1.54) is 31.4 Å². The molecule has 1 saturated heterocycles. The molecule has 0 bridgehead atoms. The Bertz CT molecular complexity index is 933. The molecule has 8 nitrogen and oxygen atoms in total. The summed E-state index contributed by atoms with van der Waals surface area (Å²) in [6, 6.07) is 8.72. The van der Waals surface area contributed by atoms with E-state index in [1.54, 1.807) is 12.1 Å². The van der Waals surface area contributed by atoms with Gasteiger partial charge in [0, 0.05) is 31.3 Å². The largest absolute Gasteiger partial charge is 0.493 e. The maximum Gasteiger partial charge on any atom is 0.387 e. The first-order chi connectivity index (χ1) is 14.4. The van der Waals surface area contributed by atoms with Gasteiger partial charge in [0.15, 0.2) is 11.5 Å². The van der Waals surface area contributed by atoms with Gasteiger partial charge in [0.2, 0.25) is 0 Å². The van der Waals surface area contributed by atoms with E-state index >= 15 is 0 Å². The van der Waals surface area contributed by atoms with Crippen LogP contribution in [0.3, 0.4) is 0 Å². The fourth-order valence-electron chi connectivity index (χ4n) is 3.34. The van der Waals surface area contributed by atoms with Gasteiger partial charge in [0.05, 0.1) is 12.0 Å². The third-order valence-corrected chi connectivity index (χ3v) is 4.78. The molecule has 0 saturated carbocycles. The van der Waals surface area contributed by atoms with E-state index in [-0.39, 0.29) is 29.3 Å². The lowest BCUT2D eigenvalue weighted by Crippen LogP contribution is -2.24. The number of carbonyl (C=O) groups is 1. The summed E-state index contributed by atoms with van der Waals surface area (Å²) in [7, 11) is 1.32. The third kappa shape index (κ3) is 4.94. The maximum atomic E-state index is 12.5. The molecule has 0 aromatic heterocycles. The highest BCUT2D eigenvalue weighted by molar-refractivity contribution is 5.95. The summed E-state index contributed by atoms with van der Waals surface area (Å²) in [5.74, 6) is -0.499. The summed E-state index contributed by atoms with van der Waals surface area (Å²) >= 11 is 0. The van der Waals surface area contributed by atoms with Crippen molar-refractivity contribution in [3.05, 3.63) is 57.6 Å². The smallest absolute Gasteiger partial charge is 0.387 e. The minimum Gasteiger partial charge on any atom is -0.493 e. The van der Waals surface area contributed by atoms with Crippen LogP contribution in [0.15, 0.2) is 36.4 Å². The van der Waals surface area contributed by atoms with Gasteiger partial charge in [-0.1, -0.05) is 6.07 Å². The molecule has 1 amide bonds. The molecule has 0 radical (unpaired) electrons. The van der Waals surface area contributed by atoms with Gasteiger partial charge in [0.1, 0.15) is 5.69 Å². The molecule has 1 fully saturated rings. The van der Waals surface area contributed by atoms with E-state index in [0.29, 0.717) is 11.3 Å². The third-order valence-electron chi connectivity index (χ3n) is 4.78. The lowest BCUT2D eigenvalue weighted by atomic mass is 10.1. The van der Waals surface area contributed by atoms with E-state index in [1.807, 2.05) is 4.90 Å². The van der Waals surface area contributed by atoms with Crippen molar-refractivity contribution in [2.24, 2.45) is 0 Å². The molecule has 1 heterocycles. The SMILES string of the molecule is COc1cc(CNC(=O)c2ccc(N3CCCC3)c([N+](=O)[O-])c2)ccc1OC(F)F. The fourth-order valence-corrected chi connectivity index (χ4v) is 3.34. The number of carbonyl (C=O) groups excluding carboxylic acids is 1. The molecule has 0 aliphatic carbocycles. The predicted molar refractivity (Wildman–Crippen MR) is 105 cm³/mol. The number of hydrogen-bond acceptors (Lipinski definition) is 6. The molecular weight excluding hydrogens is 400 g/mol. The van der Waals surface area contributed by atoms with Gasteiger partial charge in [-0.3, -0.25) is 14.9 Å². The van der Waals surface area contributed by atoms with Gasteiger partial charge in [-0.25, -0.2) is 0 Å². The number of nitrogens with zero attached hydrogens (tertiary/aromatic N) is 2. The number of benzene rings is 2. The number of alkyl halides is 2. The number of halogens is 2. The molecule has 0 unspecified atom stereocenters. The van der Waals surface area contributed by atoms with E-state index in [2.05, 4.69) is 10.1 Å². The number of rotatable bonds is 8. The van der Waals surface area contributed by atoms with E-state index in [4.69, 9.17) is 4.74 Å².